The first kappa shape index (κ1) is 31.4. The van der Waals surface area contributed by atoms with Crippen LogP contribution in [-0.2, 0) is 16.0 Å². The third-order valence-corrected chi connectivity index (χ3v) is 9.54. The van der Waals surface area contributed by atoms with E-state index < -0.39 is 6.04 Å². The molecule has 2 fully saturated rings. The molecule has 6 rings (SSSR count). The predicted octanol–water partition coefficient (Wildman–Crippen LogP) is 4.22. The molecule has 3 aromatic carbocycles. The predicted molar refractivity (Wildman–Crippen MR) is 178 cm³/mol. The lowest BCUT2D eigenvalue weighted by molar-refractivity contribution is -0.130. The van der Waals surface area contributed by atoms with Crippen LogP contribution in [0.2, 0.25) is 0 Å². The van der Waals surface area contributed by atoms with E-state index in [0.717, 1.165) is 58.8 Å². The van der Waals surface area contributed by atoms with Gasteiger partial charge in [-0.3, -0.25) is 19.5 Å². The summed E-state index contributed by atoms with van der Waals surface area (Å²) in [5, 5.41) is 26.4. The number of amides is 3. The average Bonchev–Trinajstić information content (AvgIpc) is 3.52. The monoisotopic (exact) mass is 622 g/mol. The lowest BCUT2D eigenvalue weighted by atomic mass is 9.81. The number of fused-ring (bicyclic) bond motifs is 1. The van der Waals surface area contributed by atoms with Crippen LogP contribution in [0, 0.1) is 18.8 Å². The third kappa shape index (κ3) is 7.29. The number of H-pyrrole nitrogens is 1. The molecule has 0 spiro atoms. The van der Waals surface area contributed by atoms with Crippen molar-refractivity contribution in [2.75, 3.05) is 11.9 Å². The number of aromatic amines is 1. The summed E-state index contributed by atoms with van der Waals surface area (Å²) >= 11 is 0. The highest BCUT2D eigenvalue weighted by atomic mass is 16.3. The van der Waals surface area contributed by atoms with Crippen LogP contribution in [0.5, 0.6) is 0 Å². The number of aromatic nitrogens is 2. The van der Waals surface area contributed by atoms with Gasteiger partial charge in [-0.2, -0.15) is 5.10 Å². The number of nitrogens with one attached hydrogen (secondary N) is 4. The topological polar surface area (TPSA) is 162 Å². The van der Waals surface area contributed by atoms with Gasteiger partial charge in [0.25, 0.3) is 5.91 Å². The maximum Gasteiger partial charge on any atom is 0.251 e. The molecule has 240 valence electrons. The molecule has 2 saturated carbocycles. The first-order valence-corrected chi connectivity index (χ1v) is 16.2. The molecule has 46 heavy (non-hydrogen) atoms. The Bertz CT molecular complexity index is 1700. The van der Waals surface area contributed by atoms with Gasteiger partial charge < -0.3 is 26.8 Å². The number of hydrogen-bond donors (Lipinski definition) is 6. The number of anilines is 1. The van der Waals surface area contributed by atoms with Crippen molar-refractivity contribution in [2.24, 2.45) is 17.6 Å². The normalized spacial score (nSPS) is 21.6. The van der Waals surface area contributed by atoms with Crippen LogP contribution in [-0.4, -0.2) is 57.8 Å². The Balaban J connectivity index is 1.15. The molecule has 3 amide bonds. The maximum absolute atomic E-state index is 13.6. The summed E-state index contributed by atoms with van der Waals surface area (Å²) in [6.07, 6.45) is 6.32. The van der Waals surface area contributed by atoms with E-state index in [2.05, 4.69) is 26.1 Å². The first-order valence-electron chi connectivity index (χ1n) is 16.2. The van der Waals surface area contributed by atoms with Crippen molar-refractivity contribution < 1.29 is 19.5 Å². The Morgan fingerprint density at radius 3 is 2.46 bits per heavy atom. The summed E-state index contributed by atoms with van der Waals surface area (Å²) in [6, 6.07) is 18.4. The third-order valence-electron chi connectivity index (χ3n) is 9.54. The highest BCUT2D eigenvalue weighted by molar-refractivity contribution is 5.99. The molecule has 1 heterocycles. The molecule has 0 bridgehead atoms. The number of hydrogen-bond acceptors (Lipinski definition) is 6. The quantitative estimate of drug-likeness (QED) is 0.155. The molecule has 2 aliphatic carbocycles. The van der Waals surface area contributed by atoms with E-state index in [9.17, 15) is 19.5 Å². The zero-order valence-corrected chi connectivity index (χ0v) is 26.1. The second kappa shape index (κ2) is 13.8. The van der Waals surface area contributed by atoms with Crippen molar-refractivity contribution in [3.63, 3.8) is 0 Å². The Kier molecular flexibility index (Phi) is 9.46. The van der Waals surface area contributed by atoms with E-state index in [1.165, 1.54) is 0 Å². The standard InChI is InChI=1S/C36H42N6O4/c1-21-14-26(35(45)40-29-16-30(43)17-29)11-13-31(21)24-6-2-22(3-7-24)15-33(41-34(44)25-8-4-23(19-37)5-9-25)36(46)39-28-12-10-27-20-38-42-32(27)18-28/h2-3,6-7,10-14,18,20,23,25,29-30,33,43H,4-5,8-9,15-17,19,37H2,1H3,(H,38,42)(H,39,46)(H,40,45)(H,41,44)/t23?,25?,29?,30?,33-/m0/s1. The van der Waals surface area contributed by atoms with Crippen molar-refractivity contribution in [2.45, 2.75) is 70.1 Å². The fraction of sp³-hybridized carbons (Fsp3) is 0.389. The molecule has 0 radical (unpaired) electrons. The van der Waals surface area contributed by atoms with Gasteiger partial charge >= 0.3 is 0 Å². The molecule has 7 N–H and O–H groups in total. The number of carbonyl (C=O) groups is 3. The van der Waals surface area contributed by atoms with Crippen molar-refractivity contribution in [3.8, 4) is 11.1 Å². The summed E-state index contributed by atoms with van der Waals surface area (Å²) in [5.41, 5.74) is 11.8. The van der Waals surface area contributed by atoms with E-state index in [1.54, 1.807) is 6.20 Å². The minimum atomic E-state index is -0.764. The molecule has 0 aliphatic heterocycles. The summed E-state index contributed by atoms with van der Waals surface area (Å²) in [4.78, 5) is 39.6. The van der Waals surface area contributed by atoms with Crippen LogP contribution in [0.4, 0.5) is 5.69 Å². The summed E-state index contributed by atoms with van der Waals surface area (Å²) in [5.74, 6) is -0.184. The number of aliphatic hydroxyl groups excluding tert-OH is 1. The zero-order valence-electron chi connectivity index (χ0n) is 26.1. The van der Waals surface area contributed by atoms with Crippen molar-refractivity contribution >= 4 is 34.3 Å². The lowest BCUT2D eigenvalue weighted by Gasteiger charge is -2.32. The molecule has 10 nitrogen and oxygen atoms in total. The Morgan fingerprint density at radius 2 is 1.76 bits per heavy atom. The fourth-order valence-electron chi connectivity index (χ4n) is 6.56. The second-order valence-corrected chi connectivity index (χ2v) is 12.9. The van der Waals surface area contributed by atoms with Crippen LogP contribution in [0.15, 0.2) is 66.9 Å². The Hall–Kier alpha value is -4.54. The van der Waals surface area contributed by atoms with Gasteiger partial charge in [0.2, 0.25) is 11.8 Å². The van der Waals surface area contributed by atoms with Crippen LogP contribution in [0.1, 0.15) is 60.0 Å². The van der Waals surface area contributed by atoms with Gasteiger partial charge in [0, 0.05) is 35.0 Å². The largest absolute Gasteiger partial charge is 0.393 e. The fourth-order valence-corrected chi connectivity index (χ4v) is 6.56. The Labute approximate surface area is 268 Å². The maximum atomic E-state index is 13.6. The van der Waals surface area contributed by atoms with Gasteiger partial charge in [0.15, 0.2) is 0 Å². The number of rotatable bonds is 10. The van der Waals surface area contributed by atoms with Crippen LogP contribution in [0.25, 0.3) is 22.0 Å². The Morgan fingerprint density at radius 1 is 1.00 bits per heavy atom. The summed E-state index contributed by atoms with van der Waals surface area (Å²) < 4.78 is 0. The van der Waals surface area contributed by atoms with Crippen molar-refractivity contribution in [3.05, 3.63) is 83.6 Å². The van der Waals surface area contributed by atoms with Gasteiger partial charge in [-0.25, -0.2) is 0 Å². The number of benzene rings is 3. The molecular formula is C36H42N6O4. The zero-order chi connectivity index (χ0) is 32.2. The van der Waals surface area contributed by atoms with Gasteiger partial charge in [-0.1, -0.05) is 30.3 Å². The molecule has 1 atom stereocenters. The first-order chi connectivity index (χ1) is 22.2. The number of nitrogens with zero attached hydrogens (tertiary/aromatic N) is 1. The lowest BCUT2D eigenvalue weighted by Crippen LogP contribution is -2.48. The van der Waals surface area contributed by atoms with E-state index in [4.69, 9.17) is 5.73 Å². The smallest absolute Gasteiger partial charge is 0.251 e. The number of nitrogens with two attached hydrogens (primary N) is 1. The van der Waals surface area contributed by atoms with Crippen LogP contribution in [0.3, 0.4) is 0 Å². The number of aliphatic hydroxyl groups is 1. The molecule has 10 heteroatoms. The van der Waals surface area contributed by atoms with E-state index in [-0.39, 0.29) is 35.8 Å². The molecule has 4 aromatic rings. The van der Waals surface area contributed by atoms with Crippen LogP contribution >= 0.6 is 0 Å². The minimum Gasteiger partial charge on any atom is -0.393 e. The van der Waals surface area contributed by atoms with Crippen LogP contribution < -0.4 is 21.7 Å². The average molecular weight is 623 g/mol. The summed E-state index contributed by atoms with van der Waals surface area (Å²) in [7, 11) is 0. The molecule has 0 unspecified atom stereocenters. The van der Waals surface area contributed by atoms with Gasteiger partial charge in [-0.15, -0.1) is 0 Å². The molecule has 1 aromatic heterocycles. The van der Waals surface area contributed by atoms with Gasteiger partial charge in [-0.05, 0) is 110 Å². The number of carbonyl (C=O) groups excluding carboxylic acids is 3. The minimum absolute atomic E-state index is 0.0249. The van der Waals surface area contributed by atoms with Gasteiger partial charge in [0.05, 0.1) is 17.8 Å². The van der Waals surface area contributed by atoms with E-state index in [0.29, 0.717) is 43.0 Å². The second-order valence-electron chi connectivity index (χ2n) is 12.9. The highest BCUT2D eigenvalue weighted by Gasteiger charge is 2.30. The van der Waals surface area contributed by atoms with Crippen molar-refractivity contribution in [1.29, 1.82) is 0 Å². The molecular weight excluding hydrogens is 580 g/mol. The van der Waals surface area contributed by atoms with Gasteiger partial charge in [0.1, 0.15) is 6.04 Å². The SMILES string of the molecule is Cc1cc(C(=O)NC2CC(O)C2)ccc1-c1ccc(C[C@H](NC(=O)C2CCC(CN)CC2)C(=O)Nc2ccc3cn[nH]c3c2)cc1. The molecule has 0 saturated heterocycles. The van der Waals surface area contributed by atoms with E-state index >= 15 is 0 Å². The van der Waals surface area contributed by atoms with E-state index in [1.807, 2.05) is 67.6 Å². The summed E-state index contributed by atoms with van der Waals surface area (Å²) in [6.45, 7) is 2.62. The highest BCUT2D eigenvalue weighted by Crippen LogP contribution is 2.29. The molecule has 2 aliphatic rings. The van der Waals surface area contributed by atoms with Crippen molar-refractivity contribution in [1.82, 2.24) is 20.8 Å². The number of aryl methyl sites for hydroxylation is 1.